The summed E-state index contributed by atoms with van der Waals surface area (Å²) >= 11 is 1.67. The van der Waals surface area contributed by atoms with E-state index in [9.17, 15) is 0 Å². The maximum absolute atomic E-state index is 5.94. The van der Waals surface area contributed by atoms with Gasteiger partial charge < -0.3 is 10.6 Å². The Morgan fingerprint density at radius 2 is 1.87 bits per heavy atom. The molecule has 0 aliphatic rings. The van der Waals surface area contributed by atoms with E-state index in [2.05, 4.69) is 23.8 Å². The number of aromatic nitrogens is 2. The second-order valence-corrected chi connectivity index (χ2v) is 4.97. The third-order valence-corrected chi connectivity index (χ3v) is 3.55. The molecule has 0 aromatic carbocycles. The summed E-state index contributed by atoms with van der Waals surface area (Å²) in [5.41, 5.74) is 7.13. The SMILES string of the molecule is Cc1sc2nc(N(C)C)nc(N)c2c1C. The van der Waals surface area contributed by atoms with Crippen molar-refractivity contribution in [1.29, 1.82) is 0 Å². The molecule has 0 saturated carbocycles. The number of hydrogen-bond donors (Lipinski definition) is 1. The van der Waals surface area contributed by atoms with Crippen LogP contribution in [0.15, 0.2) is 0 Å². The molecule has 0 fully saturated rings. The third-order valence-electron chi connectivity index (χ3n) is 2.44. The van der Waals surface area contributed by atoms with Crippen LogP contribution in [0.25, 0.3) is 10.2 Å². The smallest absolute Gasteiger partial charge is 0.228 e. The summed E-state index contributed by atoms with van der Waals surface area (Å²) in [7, 11) is 3.82. The van der Waals surface area contributed by atoms with Crippen molar-refractivity contribution in [3.63, 3.8) is 0 Å². The van der Waals surface area contributed by atoms with Crippen LogP contribution < -0.4 is 10.6 Å². The van der Waals surface area contributed by atoms with E-state index in [1.54, 1.807) is 11.3 Å². The number of nitrogens with two attached hydrogens (primary N) is 1. The molecule has 0 bridgehead atoms. The van der Waals surface area contributed by atoms with Gasteiger partial charge in [-0.05, 0) is 19.4 Å². The monoisotopic (exact) mass is 222 g/mol. The molecule has 2 N–H and O–H groups in total. The third kappa shape index (κ3) is 1.52. The lowest BCUT2D eigenvalue weighted by molar-refractivity contribution is 1.02. The summed E-state index contributed by atoms with van der Waals surface area (Å²) in [4.78, 5) is 12.8. The Hall–Kier alpha value is -1.36. The van der Waals surface area contributed by atoms with Gasteiger partial charge >= 0.3 is 0 Å². The highest BCUT2D eigenvalue weighted by molar-refractivity contribution is 7.18. The fraction of sp³-hybridized carbons (Fsp3) is 0.400. The lowest BCUT2D eigenvalue weighted by Crippen LogP contribution is -2.13. The molecule has 0 unspecified atom stereocenters. The predicted octanol–water partition coefficient (Wildman–Crippen LogP) is 1.96. The van der Waals surface area contributed by atoms with Crippen LogP contribution in [0, 0.1) is 13.8 Å². The van der Waals surface area contributed by atoms with E-state index in [1.807, 2.05) is 19.0 Å². The molecule has 2 aromatic heterocycles. The van der Waals surface area contributed by atoms with Crippen molar-refractivity contribution in [1.82, 2.24) is 9.97 Å². The molecule has 15 heavy (non-hydrogen) atoms. The highest BCUT2D eigenvalue weighted by Gasteiger charge is 2.12. The van der Waals surface area contributed by atoms with Gasteiger partial charge in [0.25, 0.3) is 0 Å². The molecule has 0 aliphatic heterocycles. The zero-order valence-electron chi connectivity index (χ0n) is 9.33. The van der Waals surface area contributed by atoms with E-state index < -0.39 is 0 Å². The molecular weight excluding hydrogens is 208 g/mol. The van der Waals surface area contributed by atoms with Gasteiger partial charge in [0, 0.05) is 19.0 Å². The Morgan fingerprint density at radius 3 is 2.47 bits per heavy atom. The molecule has 0 atom stereocenters. The van der Waals surface area contributed by atoms with Gasteiger partial charge in [0.1, 0.15) is 10.6 Å². The molecule has 5 heteroatoms. The Bertz CT molecular complexity index is 516. The molecule has 0 radical (unpaired) electrons. The maximum Gasteiger partial charge on any atom is 0.228 e. The van der Waals surface area contributed by atoms with E-state index >= 15 is 0 Å². The van der Waals surface area contributed by atoms with Gasteiger partial charge in [0.05, 0.1) is 5.39 Å². The highest BCUT2D eigenvalue weighted by Crippen LogP contribution is 2.32. The largest absolute Gasteiger partial charge is 0.383 e. The highest BCUT2D eigenvalue weighted by atomic mass is 32.1. The van der Waals surface area contributed by atoms with Crippen molar-refractivity contribution >= 4 is 33.3 Å². The van der Waals surface area contributed by atoms with Crippen molar-refractivity contribution in [3.05, 3.63) is 10.4 Å². The van der Waals surface area contributed by atoms with Gasteiger partial charge in [-0.25, -0.2) is 4.98 Å². The number of nitrogen functional groups attached to an aromatic ring is 1. The van der Waals surface area contributed by atoms with E-state index in [1.165, 1.54) is 10.4 Å². The minimum atomic E-state index is 0.575. The standard InChI is InChI=1S/C10H14N4S/c1-5-6(2)15-9-7(5)8(11)12-10(13-9)14(3)4/h1-4H3,(H2,11,12,13). The summed E-state index contributed by atoms with van der Waals surface area (Å²) < 4.78 is 0. The minimum absolute atomic E-state index is 0.575. The molecule has 0 amide bonds. The van der Waals surface area contributed by atoms with Gasteiger partial charge in [-0.1, -0.05) is 0 Å². The first-order chi connectivity index (χ1) is 7.00. The Balaban J connectivity index is 2.78. The lowest BCUT2D eigenvalue weighted by atomic mass is 10.2. The quantitative estimate of drug-likeness (QED) is 0.801. The summed E-state index contributed by atoms with van der Waals surface area (Å²) in [5.74, 6) is 1.24. The number of hydrogen-bond acceptors (Lipinski definition) is 5. The van der Waals surface area contributed by atoms with Gasteiger partial charge in [-0.2, -0.15) is 4.98 Å². The van der Waals surface area contributed by atoms with Crippen LogP contribution in [-0.2, 0) is 0 Å². The number of thiophene rings is 1. The number of anilines is 2. The summed E-state index contributed by atoms with van der Waals surface area (Å²) in [5, 5.41) is 1.00. The molecule has 2 rings (SSSR count). The fourth-order valence-corrected chi connectivity index (χ4v) is 2.50. The van der Waals surface area contributed by atoms with E-state index in [0.717, 1.165) is 10.2 Å². The average molecular weight is 222 g/mol. The number of aryl methyl sites for hydroxylation is 2. The van der Waals surface area contributed by atoms with Crippen LogP contribution in [0.1, 0.15) is 10.4 Å². The average Bonchev–Trinajstić information content (AvgIpc) is 2.42. The van der Waals surface area contributed by atoms with Gasteiger partial charge in [0.2, 0.25) is 5.95 Å². The van der Waals surface area contributed by atoms with Gasteiger partial charge in [-0.15, -0.1) is 11.3 Å². The number of rotatable bonds is 1. The molecule has 2 aromatic rings. The minimum Gasteiger partial charge on any atom is -0.383 e. The maximum atomic E-state index is 5.94. The Morgan fingerprint density at radius 1 is 1.20 bits per heavy atom. The molecule has 0 spiro atoms. The summed E-state index contributed by atoms with van der Waals surface area (Å²) in [6.07, 6.45) is 0. The summed E-state index contributed by atoms with van der Waals surface area (Å²) in [6.45, 7) is 4.14. The van der Waals surface area contributed by atoms with Gasteiger partial charge in [-0.3, -0.25) is 0 Å². The molecule has 4 nitrogen and oxygen atoms in total. The van der Waals surface area contributed by atoms with Crippen molar-refractivity contribution < 1.29 is 0 Å². The van der Waals surface area contributed by atoms with Crippen molar-refractivity contribution in [2.75, 3.05) is 24.7 Å². The van der Waals surface area contributed by atoms with Crippen molar-refractivity contribution in [3.8, 4) is 0 Å². The van der Waals surface area contributed by atoms with Crippen LogP contribution >= 0.6 is 11.3 Å². The first kappa shape index (κ1) is 10.2. The number of nitrogens with zero attached hydrogens (tertiary/aromatic N) is 3. The number of fused-ring (bicyclic) bond motifs is 1. The van der Waals surface area contributed by atoms with E-state index in [0.29, 0.717) is 11.8 Å². The normalized spacial score (nSPS) is 10.9. The summed E-state index contributed by atoms with van der Waals surface area (Å²) in [6, 6.07) is 0. The molecule has 0 saturated heterocycles. The van der Waals surface area contributed by atoms with Crippen molar-refractivity contribution in [2.45, 2.75) is 13.8 Å². The first-order valence-electron chi connectivity index (χ1n) is 4.71. The molecule has 80 valence electrons. The van der Waals surface area contributed by atoms with Gasteiger partial charge in [0.15, 0.2) is 0 Å². The second-order valence-electron chi connectivity index (χ2n) is 3.77. The Kier molecular flexibility index (Phi) is 2.26. The Labute approximate surface area is 92.8 Å². The topological polar surface area (TPSA) is 55.0 Å². The molecular formula is C10H14N4S. The van der Waals surface area contributed by atoms with E-state index in [-0.39, 0.29) is 0 Å². The van der Waals surface area contributed by atoms with Crippen LogP contribution in [0.4, 0.5) is 11.8 Å². The zero-order chi connectivity index (χ0) is 11.2. The predicted molar refractivity (Wildman–Crippen MR) is 65.6 cm³/mol. The van der Waals surface area contributed by atoms with E-state index in [4.69, 9.17) is 5.73 Å². The van der Waals surface area contributed by atoms with Crippen LogP contribution in [-0.4, -0.2) is 24.1 Å². The van der Waals surface area contributed by atoms with Crippen molar-refractivity contribution in [2.24, 2.45) is 0 Å². The lowest BCUT2D eigenvalue weighted by Gasteiger charge is -2.10. The first-order valence-corrected chi connectivity index (χ1v) is 5.53. The van der Waals surface area contributed by atoms with Crippen LogP contribution in [0.2, 0.25) is 0 Å². The molecule has 2 heterocycles. The fourth-order valence-electron chi connectivity index (χ4n) is 1.47. The zero-order valence-corrected chi connectivity index (χ0v) is 10.1. The van der Waals surface area contributed by atoms with Crippen LogP contribution in [0.3, 0.4) is 0 Å². The van der Waals surface area contributed by atoms with Crippen LogP contribution in [0.5, 0.6) is 0 Å². The molecule has 0 aliphatic carbocycles. The second kappa shape index (κ2) is 3.34.